The van der Waals surface area contributed by atoms with Crippen molar-refractivity contribution in [1.82, 2.24) is 9.78 Å². The number of fused-ring (bicyclic) bond motifs is 1. The molecule has 3 aromatic rings. The number of aromatic nitrogens is 2. The quantitative estimate of drug-likeness (QED) is 0.289. The molecule has 4 heteroatoms. The molecule has 0 bridgehead atoms. The zero-order valence-electron chi connectivity index (χ0n) is 18.4. The Morgan fingerprint density at radius 3 is 2.43 bits per heavy atom. The monoisotopic (exact) mass is 399 g/mol. The summed E-state index contributed by atoms with van der Waals surface area (Å²) < 4.78 is 1.79. The van der Waals surface area contributed by atoms with E-state index in [2.05, 4.69) is 31.9 Å². The van der Waals surface area contributed by atoms with E-state index >= 15 is 0 Å². The van der Waals surface area contributed by atoms with Gasteiger partial charge in [-0.15, -0.1) is 0 Å². The molecule has 4 nitrogen and oxygen atoms in total. The number of hydrogen-bond donors (Lipinski definition) is 0. The van der Waals surface area contributed by atoms with E-state index in [0.717, 1.165) is 40.7 Å². The normalized spacial score (nSPS) is 16.8. The van der Waals surface area contributed by atoms with Crippen LogP contribution in [-0.4, -0.2) is 21.9 Å². The maximum Gasteiger partial charge on any atom is 0.170 e. The molecule has 0 N–H and O–H groups in total. The highest BCUT2D eigenvalue weighted by atomic mass is 16.1. The Morgan fingerprint density at radius 1 is 1.07 bits per heavy atom. The number of rotatable bonds is 3. The lowest BCUT2D eigenvalue weighted by atomic mass is 9.89. The topological polar surface area (TPSA) is 47.2 Å². The Bertz CT molecular complexity index is 1130. The Labute approximate surface area is 178 Å². The molecule has 0 fully saturated rings. The molecule has 1 aliphatic carbocycles. The number of nitrogens with zero attached hydrogens (tertiary/aromatic N) is 3. The van der Waals surface area contributed by atoms with E-state index in [0.29, 0.717) is 11.6 Å². The predicted octanol–water partition coefficient (Wildman–Crippen LogP) is 6.43. The minimum atomic E-state index is 0.425. The largest absolute Gasteiger partial charge is 0.296 e. The van der Waals surface area contributed by atoms with E-state index in [-0.39, 0.29) is 0 Å². The maximum atomic E-state index is 11.6. The van der Waals surface area contributed by atoms with Crippen LogP contribution in [0.4, 0.5) is 0 Å². The number of carbonyl (C=O) groups is 1. The van der Waals surface area contributed by atoms with Gasteiger partial charge in [0.1, 0.15) is 5.69 Å². The average molecular weight is 400 g/mol. The van der Waals surface area contributed by atoms with E-state index in [1.165, 1.54) is 11.1 Å². The van der Waals surface area contributed by atoms with Crippen molar-refractivity contribution in [1.29, 1.82) is 0 Å². The Morgan fingerprint density at radius 2 is 1.73 bits per heavy atom. The molecule has 1 unspecified atom stereocenters. The highest BCUT2D eigenvalue weighted by Gasteiger charge is 2.20. The summed E-state index contributed by atoms with van der Waals surface area (Å²) in [5, 5.41) is 5.42. The fourth-order valence-electron chi connectivity index (χ4n) is 3.61. The van der Waals surface area contributed by atoms with Gasteiger partial charge >= 0.3 is 0 Å². The van der Waals surface area contributed by atoms with Gasteiger partial charge in [-0.1, -0.05) is 75.4 Å². The third-order valence-corrected chi connectivity index (χ3v) is 5.44. The van der Waals surface area contributed by atoms with Gasteiger partial charge < -0.3 is 0 Å². The standard InChI is InChI=1S/C24H23N3O.C2H6/c1-16-13-14-17(2)23(18(16)3)25-24(19-9-5-4-6-10-19)27-22-12-8-7-11-20(22)21(15-28)26-27;1-2/h4-12,14-16H,13H2,1-3H3;1-2H3. The second kappa shape index (κ2) is 9.49. The maximum absolute atomic E-state index is 11.6. The third-order valence-electron chi connectivity index (χ3n) is 5.44. The van der Waals surface area contributed by atoms with E-state index in [9.17, 15) is 4.79 Å². The van der Waals surface area contributed by atoms with Gasteiger partial charge in [0.25, 0.3) is 0 Å². The lowest BCUT2D eigenvalue weighted by Crippen LogP contribution is -2.17. The van der Waals surface area contributed by atoms with Crippen molar-refractivity contribution < 1.29 is 4.79 Å². The van der Waals surface area contributed by atoms with Crippen molar-refractivity contribution >= 4 is 23.0 Å². The number of benzene rings is 2. The number of aliphatic imine (C=N–C) groups is 1. The van der Waals surface area contributed by atoms with Crippen LogP contribution < -0.4 is 0 Å². The zero-order chi connectivity index (χ0) is 21.7. The van der Waals surface area contributed by atoms with Gasteiger partial charge in [-0.05, 0) is 43.4 Å². The SMILES string of the molecule is CC.CC1=CCC(C)C(C)=C1N=C(c1ccccc1)n1nc(C=O)c2ccccc21. The van der Waals surface area contributed by atoms with Crippen molar-refractivity contribution in [2.45, 2.75) is 41.0 Å². The molecule has 0 aliphatic heterocycles. The molecule has 0 saturated heterocycles. The molecule has 0 saturated carbocycles. The highest BCUT2D eigenvalue weighted by Crippen LogP contribution is 2.31. The average Bonchev–Trinajstić information content (AvgIpc) is 3.17. The van der Waals surface area contributed by atoms with E-state index in [1.807, 2.05) is 68.4 Å². The van der Waals surface area contributed by atoms with Gasteiger partial charge in [0.15, 0.2) is 12.1 Å². The first-order valence-corrected chi connectivity index (χ1v) is 10.6. The van der Waals surface area contributed by atoms with Crippen molar-refractivity contribution in [3.8, 4) is 0 Å². The van der Waals surface area contributed by atoms with E-state index in [4.69, 9.17) is 4.99 Å². The molecule has 1 heterocycles. The second-order valence-electron chi connectivity index (χ2n) is 7.29. The van der Waals surface area contributed by atoms with Crippen molar-refractivity contribution in [2.24, 2.45) is 10.9 Å². The summed E-state index contributed by atoms with van der Waals surface area (Å²) in [7, 11) is 0. The predicted molar refractivity (Wildman–Crippen MR) is 125 cm³/mol. The summed E-state index contributed by atoms with van der Waals surface area (Å²) in [5.41, 5.74) is 5.71. The molecule has 30 heavy (non-hydrogen) atoms. The highest BCUT2D eigenvalue weighted by molar-refractivity contribution is 6.07. The van der Waals surface area contributed by atoms with Crippen LogP contribution in [0.15, 0.2) is 82.5 Å². The van der Waals surface area contributed by atoms with Gasteiger partial charge in [0.2, 0.25) is 0 Å². The molecular weight excluding hydrogens is 370 g/mol. The van der Waals surface area contributed by atoms with Crippen molar-refractivity contribution in [3.63, 3.8) is 0 Å². The minimum Gasteiger partial charge on any atom is -0.296 e. The fraction of sp³-hybridized carbons (Fsp3) is 0.269. The van der Waals surface area contributed by atoms with Crippen LogP contribution in [0, 0.1) is 5.92 Å². The number of para-hydroxylation sites is 1. The molecule has 1 aliphatic rings. The third kappa shape index (κ3) is 4.04. The number of carbonyl (C=O) groups excluding carboxylic acids is 1. The number of hydrogen-bond acceptors (Lipinski definition) is 3. The van der Waals surface area contributed by atoms with Gasteiger partial charge in [-0.3, -0.25) is 4.79 Å². The Balaban J connectivity index is 0.00000124. The Kier molecular flexibility index (Phi) is 6.78. The van der Waals surface area contributed by atoms with Crippen LogP contribution in [0.1, 0.15) is 57.1 Å². The Hall–Kier alpha value is -3.27. The molecule has 0 spiro atoms. The van der Waals surface area contributed by atoms with E-state index < -0.39 is 0 Å². The molecule has 154 valence electrons. The second-order valence-corrected chi connectivity index (χ2v) is 7.29. The van der Waals surface area contributed by atoms with E-state index in [1.54, 1.807) is 4.68 Å². The van der Waals surface area contributed by atoms with Crippen LogP contribution in [0.25, 0.3) is 10.9 Å². The summed E-state index contributed by atoms with van der Waals surface area (Å²) in [4.78, 5) is 16.7. The molecule has 0 amide bonds. The van der Waals surface area contributed by atoms with Gasteiger partial charge in [0.05, 0.1) is 11.2 Å². The molecule has 1 aromatic heterocycles. The first-order chi connectivity index (χ1) is 14.6. The van der Waals surface area contributed by atoms with Crippen molar-refractivity contribution in [3.05, 3.63) is 88.8 Å². The molecule has 2 aromatic carbocycles. The summed E-state index contributed by atoms with van der Waals surface area (Å²) >= 11 is 0. The fourth-order valence-corrected chi connectivity index (χ4v) is 3.61. The molecule has 1 atom stereocenters. The summed E-state index contributed by atoms with van der Waals surface area (Å²) in [6.45, 7) is 10.5. The van der Waals surface area contributed by atoms with Crippen LogP contribution in [0.3, 0.4) is 0 Å². The van der Waals surface area contributed by atoms with Crippen molar-refractivity contribution in [2.75, 3.05) is 0 Å². The first kappa shape index (κ1) is 21.4. The van der Waals surface area contributed by atoms with Crippen LogP contribution in [0.5, 0.6) is 0 Å². The molecule has 0 radical (unpaired) electrons. The van der Waals surface area contributed by atoms with Crippen LogP contribution in [-0.2, 0) is 0 Å². The van der Waals surface area contributed by atoms with Gasteiger partial charge in [-0.25, -0.2) is 9.67 Å². The smallest absolute Gasteiger partial charge is 0.170 e. The number of allylic oxidation sites excluding steroid dienone is 3. The summed E-state index contributed by atoms with van der Waals surface area (Å²) in [6, 6.07) is 17.8. The summed E-state index contributed by atoms with van der Waals surface area (Å²) in [6.07, 6.45) is 4.09. The van der Waals surface area contributed by atoms with Gasteiger partial charge in [-0.2, -0.15) is 5.10 Å². The minimum absolute atomic E-state index is 0.425. The first-order valence-electron chi connectivity index (χ1n) is 10.6. The van der Waals surface area contributed by atoms with Crippen LogP contribution in [0.2, 0.25) is 0 Å². The lowest BCUT2D eigenvalue weighted by Gasteiger charge is -2.21. The lowest BCUT2D eigenvalue weighted by molar-refractivity contribution is 0.112. The molecule has 4 rings (SSSR count). The zero-order valence-corrected chi connectivity index (χ0v) is 18.4. The van der Waals surface area contributed by atoms with Crippen LogP contribution >= 0.6 is 0 Å². The number of aldehydes is 1. The van der Waals surface area contributed by atoms with Gasteiger partial charge in [0, 0.05) is 10.9 Å². The molecular formula is C26H29N3O. The summed E-state index contributed by atoms with van der Waals surface area (Å²) in [5.74, 6) is 1.18.